The van der Waals surface area contributed by atoms with Gasteiger partial charge in [-0.25, -0.2) is 0 Å². The lowest BCUT2D eigenvalue weighted by atomic mass is 10.1. The molecule has 2 aromatic rings. The predicted molar refractivity (Wildman–Crippen MR) is 74.2 cm³/mol. The van der Waals surface area contributed by atoms with Crippen LogP contribution >= 0.6 is 11.6 Å². The first kappa shape index (κ1) is 14.9. The normalized spacial score (nSPS) is 10.6. The van der Waals surface area contributed by atoms with Gasteiger partial charge >= 0.3 is 0 Å². The van der Waals surface area contributed by atoms with Crippen molar-refractivity contribution in [1.29, 1.82) is 10.5 Å². The van der Waals surface area contributed by atoms with Gasteiger partial charge in [0.05, 0.1) is 21.2 Å². The molecule has 0 aliphatic carbocycles. The Morgan fingerprint density at radius 2 is 2.27 bits per heavy atom. The van der Waals surface area contributed by atoms with Crippen LogP contribution in [0.25, 0.3) is 5.57 Å². The molecule has 0 fully saturated rings. The Morgan fingerprint density at radius 1 is 1.50 bits per heavy atom. The number of nitrogens with one attached hydrogen (secondary N) is 2. The van der Waals surface area contributed by atoms with Gasteiger partial charge in [-0.1, -0.05) is 11.6 Å². The minimum Gasteiger partial charge on any atom is -0.358 e. The number of nitrogens with zero attached hydrogens (tertiary/aromatic N) is 6. The quantitative estimate of drug-likeness (QED) is 0.489. The van der Waals surface area contributed by atoms with Crippen LogP contribution in [0.3, 0.4) is 0 Å². The summed E-state index contributed by atoms with van der Waals surface area (Å²) in [7, 11) is 0. The van der Waals surface area contributed by atoms with Crippen LogP contribution < -0.4 is 5.32 Å². The molecule has 1 aromatic carbocycles. The van der Waals surface area contributed by atoms with Crippen molar-refractivity contribution in [1.82, 2.24) is 20.6 Å². The van der Waals surface area contributed by atoms with E-state index in [2.05, 4.69) is 25.9 Å². The van der Waals surface area contributed by atoms with E-state index in [4.69, 9.17) is 22.1 Å². The Morgan fingerprint density at radius 3 is 2.82 bits per heavy atom. The second kappa shape index (κ2) is 6.30. The number of hydrogen-bond acceptors (Lipinski definition) is 8. The summed E-state index contributed by atoms with van der Waals surface area (Å²) in [4.78, 5) is 10.1. The van der Waals surface area contributed by atoms with Gasteiger partial charge in [-0.05, 0) is 5.21 Å². The third kappa shape index (κ3) is 2.98. The van der Waals surface area contributed by atoms with Crippen LogP contribution in [0.4, 0.5) is 11.4 Å². The van der Waals surface area contributed by atoms with Crippen LogP contribution in [0.5, 0.6) is 0 Å². The van der Waals surface area contributed by atoms with Gasteiger partial charge in [0.15, 0.2) is 0 Å². The zero-order valence-electron chi connectivity index (χ0n) is 10.6. The highest BCUT2D eigenvalue weighted by atomic mass is 35.5. The molecule has 0 radical (unpaired) electrons. The molecule has 10 nitrogen and oxygen atoms in total. The first-order valence-electron chi connectivity index (χ1n) is 5.55. The third-order valence-corrected chi connectivity index (χ3v) is 2.77. The number of hydrogen-bond donors (Lipinski definition) is 2. The van der Waals surface area contributed by atoms with Gasteiger partial charge in [0.2, 0.25) is 5.82 Å². The van der Waals surface area contributed by atoms with E-state index in [1.54, 1.807) is 6.07 Å². The van der Waals surface area contributed by atoms with E-state index >= 15 is 0 Å². The Labute approximate surface area is 127 Å². The number of rotatable bonds is 4. The summed E-state index contributed by atoms with van der Waals surface area (Å²) in [6.07, 6.45) is 1.22. The van der Waals surface area contributed by atoms with Gasteiger partial charge in [-0.15, -0.1) is 10.2 Å². The molecule has 0 aliphatic heterocycles. The van der Waals surface area contributed by atoms with Crippen molar-refractivity contribution in [2.45, 2.75) is 0 Å². The average Bonchev–Trinajstić information content (AvgIpc) is 3.02. The predicted octanol–water partition coefficient (Wildman–Crippen LogP) is 1.61. The summed E-state index contributed by atoms with van der Waals surface area (Å²) in [6, 6.07) is 5.80. The van der Waals surface area contributed by atoms with Gasteiger partial charge in [0.1, 0.15) is 17.7 Å². The van der Waals surface area contributed by atoms with Crippen LogP contribution in [0.15, 0.2) is 18.3 Å². The van der Waals surface area contributed by atoms with Crippen LogP contribution in [0, 0.1) is 32.8 Å². The topological polar surface area (TPSA) is 157 Å². The number of non-ortho nitro benzene ring substituents is 1. The number of nitro benzene ring substituents is 1. The summed E-state index contributed by atoms with van der Waals surface area (Å²) in [5, 5.41) is 44.2. The van der Waals surface area contributed by atoms with Crippen LogP contribution in [0.2, 0.25) is 5.02 Å². The van der Waals surface area contributed by atoms with Gasteiger partial charge in [-0.3, -0.25) is 10.1 Å². The molecule has 11 heteroatoms. The number of halogens is 1. The number of aromatic amines is 1. The van der Waals surface area contributed by atoms with Crippen molar-refractivity contribution >= 4 is 28.5 Å². The van der Waals surface area contributed by atoms with E-state index in [1.807, 2.05) is 6.07 Å². The fraction of sp³-hybridized carbons (Fsp3) is 0. The van der Waals surface area contributed by atoms with Crippen molar-refractivity contribution in [2.75, 3.05) is 5.32 Å². The summed E-state index contributed by atoms with van der Waals surface area (Å²) in [6.45, 7) is 0. The number of anilines is 1. The molecule has 0 amide bonds. The Kier molecular flexibility index (Phi) is 4.27. The summed E-state index contributed by atoms with van der Waals surface area (Å²) >= 11 is 5.93. The number of allylic oxidation sites excluding steroid dienone is 1. The molecule has 0 bridgehead atoms. The third-order valence-electron chi connectivity index (χ3n) is 2.47. The molecule has 0 saturated carbocycles. The minimum atomic E-state index is -0.660. The molecule has 2 N–H and O–H groups in total. The molecule has 0 atom stereocenters. The van der Waals surface area contributed by atoms with E-state index in [0.717, 1.165) is 12.1 Å². The van der Waals surface area contributed by atoms with Gasteiger partial charge in [-0.2, -0.15) is 15.7 Å². The molecular weight excluding hydrogens is 312 g/mol. The van der Waals surface area contributed by atoms with E-state index in [1.165, 1.54) is 6.20 Å². The maximum Gasteiger partial charge on any atom is 0.272 e. The zero-order chi connectivity index (χ0) is 16.1. The standard InChI is InChI=1S/C11H5ClN8O2/c12-9-2-8(20(21)22)1-6(3-13)10(9)15-5-7(4-14)11-16-18-19-17-11/h1-2,5,15H,(H,16,17,18,19). The molecule has 0 unspecified atom stereocenters. The number of H-pyrrole nitrogens is 1. The van der Waals surface area contributed by atoms with Crippen LogP contribution in [-0.4, -0.2) is 25.5 Å². The lowest BCUT2D eigenvalue weighted by molar-refractivity contribution is -0.384. The second-order valence-electron chi connectivity index (χ2n) is 3.77. The molecular formula is C11H5ClN8O2. The summed E-state index contributed by atoms with van der Waals surface area (Å²) in [5.74, 6) is 0.0477. The first-order valence-corrected chi connectivity index (χ1v) is 5.93. The zero-order valence-corrected chi connectivity index (χ0v) is 11.4. The van der Waals surface area contributed by atoms with Crippen molar-refractivity contribution < 1.29 is 4.92 Å². The Balaban J connectivity index is 2.40. The number of benzene rings is 1. The maximum absolute atomic E-state index is 10.7. The van der Waals surface area contributed by atoms with Crippen molar-refractivity contribution in [2.24, 2.45) is 0 Å². The van der Waals surface area contributed by atoms with E-state index in [0.29, 0.717) is 0 Å². The highest BCUT2D eigenvalue weighted by molar-refractivity contribution is 6.33. The second-order valence-corrected chi connectivity index (χ2v) is 4.18. The number of nitro groups is 1. The first-order chi connectivity index (χ1) is 10.6. The minimum absolute atomic E-state index is 0.0343. The van der Waals surface area contributed by atoms with Crippen molar-refractivity contribution in [3.8, 4) is 12.1 Å². The molecule has 22 heavy (non-hydrogen) atoms. The molecule has 0 spiro atoms. The Bertz CT molecular complexity index is 831. The van der Waals surface area contributed by atoms with Crippen molar-refractivity contribution in [3.05, 3.63) is 44.9 Å². The highest BCUT2D eigenvalue weighted by Crippen LogP contribution is 2.31. The largest absolute Gasteiger partial charge is 0.358 e. The van der Waals surface area contributed by atoms with E-state index in [-0.39, 0.29) is 33.4 Å². The van der Waals surface area contributed by atoms with Gasteiger partial charge in [0.25, 0.3) is 5.69 Å². The molecule has 1 heterocycles. The van der Waals surface area contributed by atoms with Crippen LogP contribution in [0.1, 0.15) is 11.4 Å². The fourth-order valence-corrected chi connectivity index (χ4v) is 1.77. The molecule has 108 valence electrons. The van der Waals surface area contributed by atoms with Gasteiger partial charge in [0, 0.05) is 18.3 Å². The Hall–Kier alpha value is -3.50. The lowest BCUT2D eigenvalue weighted by Gasteiger charge is -2.06. The average molecular weight is 317 g/mol. The van der Waals surface area contributed by atoms with Crippen LogP contribution in [-0.2, 0) is 0 Å². The van der Waals surface area contributed by atoms with E-state index in [9.17, 15) is 10.1 Å². The molecule has 0 saturated heterocycles. The number of nitriles is 2. The summed E-state index contributed by atoms with van der Waals surface area (Å²) in [5.41, 5.74) is -0.186. The fourth-order valence-electron chi connectivity index (χ4n) is 1.50. The maximum atomic E-state index is 10.7. The monoisotopic (exact) mass is 316 g/mol. The number of aromatic nitrogens is 4. The molecule has 2 rings (SSSR count). The van der Waals surface area contributed by atoms with Crippen molar-refractivity contribution in [3.63, 3.8) is 0 Å². The van der Waals surface area contributed by atoms with Gasteiger partial charge < -0.3 is 5.32 Å². The SMILES string of the molecule is N#CC(=CNc1c(Cl)cc([N+](=O)[O-])cc1C#N)c1nn[nH]n1. The molecule has 1 aromatic heterocycles. The molecule has 0 aliphatic rings. The smallest absolute Gasteiger partial charge is 0.272 e. The number of tetrazole rings is 1. The van der Waals surface area contributed by atoms with E-state index < -0.39 is 4.92 Å². The highest BCUT2D eigenvalue weighted by Gasteiger charge is 2.15. The lowest BCUT2D eigenvalue weighted by Crippen LogP contribution is -1.98. The summed E-state index contributed by atoms with van der Waals surface area (Å²) < 4.78 is 0.